The second-order valence-corrected chi connectivity index (χ2v) is 6.73. The van der Waals surface area contributed by atoms with E-state index < -0.39 is 11.7 Å². The van der Waals surface area contributed by atoms with Crippen LogP contribution in [0.25, 0.3) is 0 Å². The summed E-state index contributed by atoms with van der Waals surface area (Å²) in [6.45, 7) is 5.31. The summed E-state index contributed by atoms with van der Waals surface area (Å²) in [5.74, 6) is -0.356. The predicted molar refractivity (Wildman–Crippen MR) is 99.5 cm³/mol. The zero-order chi connectivity index (χ0) is 19.2. The third kappa shape index (κ3) is 3.19. The molecule has 0 saturated carbocycles. The average Bonchev–Trinajstić information content (AvgIpc) is 2.84. The molecule has 136 valence electrons. The Hall–Kier alpha value is -2.41. The van der Waals surface area contributed by atoms with Gasteiger partial charge in [-0.3, -0.25) is 9.69 Å². The van der Waals surface area contributed by atoms with E-state index >= 15 is 0 Å². The molecular weight excluding hydrogens is 361 g/mol. The minimum Gasteiger partial charge on any atom is -0.309 e. The first kappa shape index (κ1) is 18.4. The van der Waals surface area contributed by atoms with Crippen LogP contribution in [0.2, 0.25) is 0 Å². The molecule has 2 aromatic rings. The number of hydrogen-bond donors (Lipinski definition) is 0. The maximum absolute atomic E-state index is 13.2. The highest BCUT2D eigenvalue weighted by molar-refractivity contribution is 7.81. The van der Waals surface area contributed by atoms with Gasteiger partial charge in [0.1, 0.15) is 6.54 Å². The molecule has 0 atom stereocenters. The highest BCUT2D eigenvalue weighted by Crippen LogP contribution is 2.36. The molecule has 7 heteroatoms. The standard InChI is InChI=1S/C19H17F3N2OS/c1-11-4-6-14(8-13(11)3)23-10-17(25)24(18(23)26)15-7-5-12(2)16(9-15)19(20,21)22/h4-9H,10H2,1-3H3. The molecule has 3 nitrogen and oxygen atoms in total. The van der Waals surface area contributed by atoms with E-state index in [0.717, 1.165) is 22.9 Å². The van der Waals surface area contributed by atoms with Crippen LogP contribution < -0.4 is 9.80 Å². The van der Waals surface area contributed by atoms with Crippen molar-refractivity contribution in [3.8, 4) is 0 Å². The summed E-state index contributed by atoms with van der Waals surface area (Å²) >= 11 is 5.40. The molecule has 0 radical (unpaired) electrons. The van der Waals surface area contributed by atoms with E-state index in [2.05, 4.69) is 0 Å². The van der Waals surface area contributed by atoms with E-state index in [1.54, 1.807) is 4.90 Å². The van der Waals surface area contributed by atoms with Crippen molar-refractivity contribution in [2.75, 3.05) is 16.3 Å². The molecule has 1 fully saturated rings. The Labute approximate surface area is 155 Å². The minimum absolute atomic E-state index is 0.00341. The van der Waals surface area contributed by atoms with Gasteiger partial charge in [0.2, 0.25) is 0 Å². The Kier molecular flexibility index (Phi) is 4.52. The number of amides is 1. The third-order valence-electron chi connectivity index (χ3n) is 4.55. The Bertz CT molecular complexity index is 908. The summed E-state index contributed by atoms with van der Waals surface area (Å²) in [6, 6.07) is 9.50. The van der Waals surface area contributed by atoms with Crippen LogP contribution in [0, 0.1) is 20.8 Å². The van der Waals surface area contributed by atoms with E-state index in [1.165, 1.54) is 24.0 Å². The number of carbonyl (C=O) groups excluding carboxylic acids is 1. The van der Waals surface area contributed by atoms with Crippen molar-refractivity contribution < 1.29 is 18.0 Å². The van der Waals surface area contributed by atoms with Gasteiger partial charge in [0.15, 0.2) is 5.11 Å². The minimum atomic E-state index is -4.49. The zero-order valence-corrected chi connectivity index (χ0v) is 15.3. The first-order valence-electron chi connectivity index (χ1n) is 7.99. The van der Waals surface area contributed by atoms with Gasteiger partial charge in [-0.2, -0.15) is 13.2 Å². The molecule has 0 bridgehead atoms. The van der Waals surface area contributed by atoms with E-state index in [-0.39, 0.29) is 28.8 Å². The molecule has 0 spiro atoms. The van der Waals surface area contributed by atoms with Crippen LogP contribution in [0.3, 0.4) is 0 Å². The lowest BCUT2D eigenvalue weighted by molar-refractivity contribution is -0.138. The van der Waals surface area contributed by atoms with E-state index in [0.29, 0.717) is 0 Å². The number of alkyl halides is 3. The second-order valence-electron chi connectivity index (χ2n) is 6.36. The molecule has 0 unspecified atom stereocenters. The molecule has 1 saturated heterocycles. The van der Waals surface area contributed by atoms with Gasteiger partial charge in [-0.05, 0) is 73.9 Å². The maximum atomic E-state index is 13.2. The summed E-state index contributed by atoms with van der Waals surface area (Å²) in [6.07, 6.45) is -4.49. The average molecular weight is 378 g/mol. The van der Waals surface area contributed by atoms with Crippen molar-refractivity contribution in [2.45, 2.75) is 26.9 Å². The zero-order valence-electron chi connectivity index (χ0n) is 14.5. The molecule has 0 aromatic heterocycles. The summed E-state index contributed by atoms with van der Waals surface area (Å²) in [5.41, 5.74) is 2.36. The Balaban J connectivity index is 1.98. The Morgan fingerprint density at radius 2 is 1.54 bits per heavy atom. The number of hydrogen-bond acceptors (Lipinski definition) is 2. The number of benzene rings is 2. The fourth-order valence-corrected chi connectivity index (χ4v) is 3.28. The third-order valence-corrected chi connectivity index (χ3v) is 4.95. The molecule has 1 amide bonds. The van der Waals surface area contributed by atoms with Gasteiger partial charge in [-0.15, -0.1) is 0 Å². The summed E-state index contributed by atoms with van der Waals surface area (Å²) in [7, 11) is 0. The monoisotopic (exact) mass is 378 g/mol. The number of anilines is 2. The summed E-state index contributed by atoms with van der Waals surface area (Å²) < 4.78 is 39.6. The number of rotatable bonds is 2. The smallest absolute Gasteiger partial charge is 0.309 e. The number of halogens is 3. The molecule has 3 rings (SSSR count). The van der Waals surface area contributed by atoms with Gasteiger partial charge in [-0.25, -0.2) is 0 Å². The molecule has 1 heterocycles. The van der Waals surface area contributed by atoms with Crippen molar-refractivity contribution in [3.05, 3.63) is 58.7 Å². The Morgan fingerprint density at radius 3 is 2.15 bits per heavy atom. The van der Waals surface area contributed by atoms with Crippen molar-refractivity contribution >= 4 is 34.6 Å². The van der Waals surface area contributed by atoms with Crippen LogP contribution in [0.5, 0.6) is 0 Å². The van der Waals surface area contributed by atoms with E-state index in [1.807, 2.05) is 32.0 Å². The van der Waals surface area contributed by atoms with Gasteiger partial charge in [0.25, 0.3) is 5.91 Å². The van der Waals surface area contributed by atoms with Gasteiger partial charge < -0.3 is 4.90 Å². The highest BCUT2D eigenvalue weighted by atomic mass is 32.1. The van der Waals surface area contributed by atoms with Crippen LogP contribution in [0.4, 0.5) is 24.5 Å². The molecule has 0 N–H and O–H groups in total. The van der Waals surface area contributed by atoms with Gasteiger partial charge in [0, 0.05) is 5.69 Å². The van der Waals surface area contributed by atoms with Crippen LogP contribution in [0.15, 0.2) is 36.4 Å². The lowest BCUT2D eigenvalue weighted by atomic mass is 10.1. The lowest BCUT2D eigenvalue weighted by Gasteiger charge is -2.22. The SMILES string of the molecule is Cc1ccc(N2CC(=O)N(c3ccc(C)c(C(F)(F)F)c3)C2=S)cc1C. The van der Waals surface area contributed by atoms with Crippen LogP contribution >= 0.6 is 12.2 Å². The quantitative estimate of drug-likeness (QED) is 0.704. The van der Waals surface area contributed by atoms with Crippen LogP contribution in [0.1, 0.15) is 22.3 Å². The van der Waals surface area contributed by atoms with Crippen molar-refractivity contribution in [1.29, 1.82) is 0 Å². The van der Waals surface area contributed by atoms with E-state index in [9.17, 15) is 18.0 Å². The number of thiocarbonyl (C=S) groups is 1. The van der Waals surface area contributed by atoms with Crippen molar-refractivity contribution in [1.82, 2.24) is 0 Å². The second kappa shape index (κ2) is 6.39. The van der Waals surface area contributed by atoms with Crippen molar-refractivity contribution in [2.24, 2.45) is 0 Å². The van der Waals surface area contributed by atoms with Crippen LogP contribution in [-0.4, -0.2) is 17.6 Å². The maximum Gasteiger partial charge on any atom is 0.416 e. The predicted octanol–water partition coefficient (Wildman–Crippen LogP) is 4.77. The normalized spacial score (nSPS) is 15.2. The number of carbonyl (C=O) groups is 1. The Morgan fingerprint density at radius 1 is 0.923 bits per heavy atom. The number of aryl methyl sites for hydroxylation is 3. The summed E-state index contributed by atoms with van der Waals surface area (Å²) in [4.78, 5) is 15.3. The molecule has 1 aliphatic heterocycles. The molecular formula is C19H17F3N2OS. The van der Waals surface area contributed by atoms with E-state index in [4.69, 9.17) is 12.2 Å². The topological polar surface area (TPSA) is 23.6 Å². The summed E-state index contributed by atoms with van der Waals surface area (Å²) in [5, 5.41) is 0.176. The fourth-order valence-electron chi connectivity index (χ4n) is 2.91. The first-order valence-corrected chi connectivity index (χ1v) is 8.40. The molecule has 2 aromatic carbocycles. The molecule has 26 heavy (non-hydrogen) atoms. The van der Waals surface area contributed by atoms with Gasteiger partial charge in [-0.1, -0.05) is 12.1 Å². The van der Waals surface area contributed by atoms with Gasteiger partial charge in [0.05, 0.1) is 11.3 Å². The first-order chi connectivity index (χ1) is 12.1. The lowest BCUT2D eigenvalue weighted by Crippen LogP contribution is -2.33. The molecule has 0 aliphatic carbocycles. The highest BCUT2D eigenvalue weighted by Gasteiger charge is 2.37. The van der Waals surface area contributed by atoms with Crippen molar-refractivity contribution in [3.63, 3.8) is 0 Å². The molecule has 1 aliphatic rings. The van der Waals surface area contributed by atoms with Gasteiger partial charge >= 0.3 is 6.18 Å². The largest absolute Gasteiger partial charge is 0.416 e. The van der Waals surface area contributed by atoms with Crippen LogP contribution in [-0.2, 0) is 11.0 Å². The fraction of sp³-hybridized carbons (Fsp3) is 0.263. The number of nitrogens with zero attached hydrogens (tertiary/aromatic N) is 2.